The molecule has 0 unspecified atom stereocenters. The first-order chi connectivity index (χ1) is 8.31. The van der Waals surface area contributed by atoms with Crippen LogP contribution in [0.2, 0.25) is 0 Å². The Bertz CT molecular complexity index is 520. The summed E-state index contributed by atoms with van der Waals surface area (Å²) < 4.78 is 0. The van der Waals surface area contributed by atoms with E-state index in [1.54, 1.807) is 6.20 Å². The summed E-state index contributed by atoms with van der Waals surface area (Å²) in [6, 6.07) is 8.13. The summed E-state index contributed by atoms with van der Waals surface area (Å²) in [6.45, 7) is 0. The predicted octanol–water partition coefficient (Wildman–Crippen LogP) is 2.33. The van der Waals surface area contributed by atoms with Crippen molar-refractivity contribution in [2.24, 2.45) is 5.92 Å². The topological polar surface area (TPSA) is 46.0 Å². The van der Waals surface area contributed by atoms with Crippen LogP contribution in [-0.2, 0) is 6.42 Å². The normalized spacial score (nSPS) is 23.6. The van der Waals surface area contributed by atoms with Gasteiger partial charge in [0, 0.05) is 17.3 Å². The highest BCUT2D eigenvalue weighted by atomic mass is 16.3. The molecule has 0 radical (unpaired) electrons. The number of aromatic nitrogens is 2. The Kier molecular flexibility index (Phi) is 2.77. The second kappa shape index (κ2) is 4.41. The van der Waals surface area contributed by atoms with E-state index in [1.165, 1.54) is 0 Å². The highest BCUT2D eigenvalue weighted by molar-refractivity contribution is 5.74. The number of aryl methyl sites for hydroxylation is 1. The van der Waals surface area contributed by atoms with Crippen LogP contribution in [0.1, 0.15) is 25.0 Å². The van der Waals surface area contributed by atoms with E-state index in [9.17, 15) is 5.11 Å². The first-order valence-corrected chi connectivity index (χ1v) is 6.20. The van der Waals surface area contributed by atoms with Gasteiger partial charge in [0.05, 0.1) is 6.10 Å². The van der Waals surface area contributed by atoms with E-state index in [0.717, 1.165) is 42.4 Å². The molecule has 2 aromatic rings. The molecule has 2 heterocycles. The molecule has 88 valence electrons. The number of aliphatic hydroxyl groups is 1. The maximum Gasteiger partial charge on any atom is 0.159 e. The molecule has 1 aliphatic carbocycles. The quantitative estimate of drug-likeness (QED) is 0.877. The van der Waals surface area contributed by atoms with E-state index < -0.39 is 0 Å². The van der Waals surface area contributed by atoms with Crippen molar-refractivity contribution in [3.05, 3.63) is 36.2 Å². The molecule has 2 aromatic heterocycles. The number of aliphatic hydroxyl groups excluding tert-OH is 1. The van der Waals surface area contributed by atoms with Gasteiger partial charge in [-0.2, -0.15) is 0 Å². The van der Waals surface area contributed by atoms with Gasteiger partial charge in [-0.3, -0.25) is 0 Å². The molecule has 0 aliphatic heterocycles. The number of nitrogens with zero attached hydrogens (tertiary/aromatic N) is 2. The van der Waals surface area contributed by atoms with Gasteiger partial charge in [-0.05, 0) is 55.9 Å². The first kappa shape index (κ1) is 10.7. The van der Waals surface area contributed by atoms with Gasteiger partial charge in [0.2, 0.25) is 0 Å². The Morgan fingerprint density at radius 3 is 2.94 bits per heavy atom. The Morgan fingerprint density at radius 2 is 2.12 bits per heavy atom. The van der Waals surface area contributed by atoms with E-state index in [-0.39, 0.29) is 6.10 Å². The summed E-state index contributed by atoms with van der Waals surface area (Å²) in [6.07, 6.45) is 5.77. The lowest BCUT2D eigenvalue weighted by atomic mass is 9.79. The average Bonchev–Trinajstić information content (AvgIpc) is 2.33. The van der Waals surface area contributed by atoms with Crippen LogP contribution in [0.5, 0.6) is 0 Å². The van der Waals surface area contributed by atoms with Crippen molar-refractivity contribution in [2.45, 2.75) is 31.8 Å². The maximum atomic E-state index is 9.23. The maximum absolute atomic E-state index is 9.23. The zero-order valence-corrected chi connectivity index (χ0v) is 9.71. The molecule has 0 amide bonds. The summed E-state index contributed by atoms with van der Waals surface area (Å²) in [4.78, 5) is 8.82. The molecule has 3 rings (SSSR count). The minimum absolute atomic E-state index is 0.0498. The van der Waals surface area contributed by atoms with Gasteiger partial charge in [0.15, 0.2) is 5.65 Å². The minimum atomic E-state index is -0.0498. The molecule has 0 atom stereocenters. The predicted molar refractivity (Wildman–Crippen MR) is 66.6 cm³/mol. The molecule has 3 nitrogen and oxygen atoms in total. The second-order valence-corrected chi connectivity index (χ2v) is 4.88. The number of fused-ring (bicyclic) bond motifs is 1. The Labute approximate surface area is 101 Å². The van der Waals surface area contributed by atoms with Crippen molar-refractivity contribution >= 4 is 11.0 Å². The number of hydrogen-bond acceptors (Lipinski definition) is 3. The average molecular weight is 228 g/mol. The zero-order chi connectivity index (χ0) is 11.7. The first-order valence-electron chi connectivity index (χ1n) is 6.20. The summed E-state index contributed by atoms with van der Waals surface area (Å²) in [5.41, 5.74) is 1.94. The summed E-state index contributed by atoms with van der Waals surface area (Å²) in [5.74, 6) is 0.686. The van der Waals surface area contributed by atoms with Gasteiger partial charge in [-0.15, -0.1) is 0 Å². The largest absolute Gasteiger partial charge is 0.393 e. The van der Waals surface area contributed by atoms with Crippen LogP contribution in [0.15, 0.2) is 30.5 Å². The van der Waals surface area contributed by atoms with E-state index in [0.29, 0.717) is 5.92 Å². The Balaban J connectivity index is 1.68. The van der Waals surface area contributed by atoms with Gasteiger partial charge >= 0.3 is 0 Å². The molecule has 0 aromatic carbocycles. The van der Waals surface area contributed by atoms with Crippen LogP contribution in [-0.4, -0.2) is 21.2 Å². The number of rotatable bonds is 3. The summed E-state index contributed by atoms with van der Waals surface area (Å²) >= 11 is 0. The van der Waals surface area contributed by atoms with Gasteiger partial charge in [-0.1, -0.05) is 0 Å². The van der Waals surface area contributed by atoms with Crippen LogP contribution in [0, 0.1) is 5.92 Å². The molecular weight excluding hydrogens is 212 g/mol. The van der Waals surface area contributed by atoms with Crippen molar-refractivity contribution < 1.29 is 5.11 Å². The fourth-order valence-corrected chi connectivity index (χ4v) is 2.42. The fraction of sp³-hybridized carbons (Fsp3) is 0.429. The third kappa shape index (κ3) is 2.29. The standard InChI is InChI=1S/C14H16N2O/c17-13-8-10(9-13)3-5-12-6-4-11-2-1-7-15-14(11)16-12/h1-2,4,6-7,10,13,17H,3,5,8-9H2. The monoisotopic (exact) mass is 228 g/mol. The van der Waals surface area contributed by atoms with Crippen molar-refractivity contribution in [1.29, 1.82) is 0 Å². The molecule has 3 heteroatoms. The molecule has 17 heavy (non-hydrogen) atoms. The van der Waals surface area contributed by atoms with Crippen molar-refractivity contribution in [3.8, 4) is 0 Å². The molecule has 1 saturated carbocycles. The van der Waals surface area contributed by atoms with Crippen LogP contribution >= 0.6 is 0 Å². The lowest BCUT2D eigenvalue weighted by Crippen LogP contribution is -2.28. The molecular formula is C14H16N2O. The SMILES string of the molecule is OC1CC(CCc2ccc3cccnc3n2)C1. The minimum Gasteiger partial charge on any atom is -0.393 e. The molecule has 1 fully saturated rings. The summed E-state index contributed by atoms with van der Waals surface area (Å²) in [5, 5.41) is 10.3. The fourth-order valence-electron chi connectivity index (χ4n) is 2.42. The van der Waals surface area contributed by atoms with Gasteiger partial charge < -0.3 is 5.11 Å². The van der Waals surface area contributed by atoms with Crippen LogP contribution in [0.3, 0.4) is 0 Å². The lowest BCUT2D eigenvalue weighted by Gasteiger charge is -2.31. The van der Waals surface area contributed by atoms with E-state index >= 15 is 0 Å². The highest BCUT2D eigenvalue weighted by Gasteiger charge is 2.26. The highest BCUT2D eigenvalue weighted by Crippen LogP contribution is 2.31. The van der Waals surface area contributed by atoms with Crippen molar-refractivity contribution in [2.75, 3.05) is 0 Å². The van der Waals surface area contributed by atoms with Gasteiger partial charge in [0.1, 0.15) is 0 Å². The van der Waals surface area contributed by atoms with E-state index in [4.69, 9.17) is 0 Å². The van der Waals surface area contributed by atoms with E-state index in [2.05, 4.69) is 22.1 Å². The number of hydrogen-bond donors (Lipinski definition) is 1. The molecule has 1 N–H and O–H groups in total. The molecule has 1 aliphatic rings. The lowest BCUT2D eigenvalue weighted by molar-refractivity contribution is 0.0392. The van der Waals surface area contributed by atoms with Crippen LogP contribution in [0.25, 0.3) is 11.0 Å². The van der Waals surface area contributed by atoms with E-state index in [1.807, 2.05) is 12.1 Å². The smallest absolute Gasteiger partial charge is 0.159 e. The number of pyridine rings is 2. The summed E-state index contributed by atoms with van der Waals surface area (Å²) in [7, 11) is 0. The van der Waals surface area contributed by atoms with Gasteiger partial charge in [0.25, 0.3) is 0 Å². The molecule has 0 saturated heterocycles. The van der Waals surface area contributed by atoms with Gasteiger partial charge in [-0.25, -0.2) is 9.97 Å². The van der Waals surface area contributed by atoms with Crippen molar-refractivity contribution in [1.82, 2.24) is 9.97 Å². The van der Waals surface area contributed by atoms with Crippen molar-refractivity contribution in [3.63, 3.8) is 0 Å². The Morgan fingerprint density at radius 1 is 1.24 bits per heavy atom. The third-order valence-corrected chi connectivity index (χ3v) is 3.54. The molecule has 0 spiro atoms. The molecule has 0 bridgehead atoms. The zero-order valence-electron chi connectivity index (χ0n) is 9.71. The third-order valence-electron chi connectivity index (χ3n) is 3.54. The van der Waals surface area contributed by atoms with Crippen LogP contribution < -0.4 is 0 Å². The Hall–Kier alpha value is -1.48. The van der Waals surface area contributed by atoms with Crippen LogP contribution in [0.4, 0.5) is 0 Å². The second-order valence-electron chi connectivity index (χ2n) is 4.88.